The Hall–Kier alpha value is -1.93. The van der Waals surface area contributed by atoms with Crippen LogP contribution in [0.25, 0.3) is 6.08 Å². The van der Waals surface area contributed by atoms with Crippen molar-refractivity contribution in [2.45, 2.75) is 50.7 Å². The van der Waals surface area contributed by atoms with E-state index >= 15 is 0 Å². The topological polar surface area (TPSA) is 119 Å². The molecular formula is C18H27NO6. The number of aliphatic hydroxyl groups is 4. The number of carbonyl (C=O) groups is 1. The molecular weight excluding hydrogens is 326 g/mol. The maximum Gasteiger partial charge on any atom is 0.408 e. The molecule has 0 aliphatic heterocycles. The highest BCUT2D eigenvalue weighted by Gasteiger charge is 2.31. The van der Waals surface area contributed by atoms with Crippen molar-refractivity contribution in [1.82, 2.24) is 5.32 Å². The predicted octanol–water partition coefficient (Wildman–Crippen LogP) is 0.668. The molecule has 5 N–H and O–H groups in total. The minimum atomic E-state index is -1.65. The number of hydrogen-bond donors (Lipinski definition) is 5. The molecule has 0 spiro atoms. The van der Waals surface area contributed by atoms with Crippen LogP contribution in [-0.4, -0.2) is 63.1 Å². The molecule has 140 valence electrons. The molecule has 0 fully saturated rings. The standard InChI is InChI=1S/C18H27NO6/c1-18(2,3)25-17(24)19-13(15(22)16(23)14(21)11-20)10-9-12-7-5-4-6-8-12/h4-10,13-16,20-23H,11H2,1-3H3,(H,19,24)/b10-9+/t13-,14-,15-,16-/m1/s1. The molecule has 7 heteroatoms. The Morgan fingerprint density at radius 3 is 2.28 bits per heavy atom. The van der Waals surface area contributed by atoms with E-state index in [0.29, 0.717) is 0 Å². The highest BCUT2D eigenvalue weighted by Crippen LogP contribution is 2.12. The second kappa shape index (κ2) is 9.53. The van der Waals surface area contributed by atoms with E-state index in [0.717, 1.165) is 5.56 Å². The molecule has 0 unspecified atom stereocenters. The fourth-order valence-corrected chi connectivity index (χ4v) is 2.02. The van der Waals surface area contributed by atoms with Crippen LogP contribution >= 0.6 is 0 Å². The van der Waals surface area contributed by atoms with Gasteiger partial charge in [-0.3, -0.25) is 0 Å². The summed E-state index contributed by atoms with van der Waals surface area (Å²) in [7, 11) is 0. The summed E-state index contributed by atoms with van der Waals surface area (Å²) in [5.74, 6) is 0. The SMILES string of the molecule is CC(C)(C)OC(=O)N[C@H](/C=C/c1ccccc1)[C@@H](O)[C@H](O)[C@H](O)CO. The van der Waals surface area contributed by atoms with Gasteiger partial charge in [0.1, 0.15) is 23.9 Å². The van der Waals surface area contributed by atoms with Crippen LogP contribution in [0.3, 0.4) is 0 Å². The zero-order chi connectivity index (χ0) is 19.0. The summed E-state index contributed by atoms with van der Waals surface area (Å²) in [6.45, 7) is 4.37. The van der Waals surface area contributed by atoms with Gasteiger partial charge in [-0.25, -0.2) is 4.79 Å². The van der Waals surface area contributed by atoms with Crippen LogP contribution in [0.4, 0.5) is 4.79 Å². The van der Waals surface area contributed by atoms with Crippen molar-refractivity contribution >= 4 is 12.2 Å². The lowest BCUT2D eigenvalue weighted by atomic mass is 10.00. The van der Waals surface area contributed by atoms with Crippen LogP contribution < -0.4 is 5.32 Å². The lowest BCUT2D eigenvalue weighted by Gasteiger charge is -2.29. The van der Waals surface area contributed by atoms with E-state index in [2.05, 4.69) is 5.32 Å². The molecule has 1 amide bonds. The van der Waals surface area contributed by atoms with Crippen LogP contribution in [0.5, 0.6) is 0 Å². The van der Waals surface area contributed by atoms with Crippen molar-refractivity contribution in [2.24, 2.45) is 0 Å². The van der Waals surface area contributed by atoms with Gasteiger partial charge in [0.05, 0.1) is 12.6 Å². The van der Waals surface area contributed by atoms with E-state index < -0.39 is 42.7 Å². The largest absolute Gasteiger partial charge is 0.444 e. The fraction of sp³-hybridized carbons (Fsp3) is 0.500. The van der Waals surface area contributed by atoms with Crippen LogP contribution in [0, 0.1) is 0 Å². The van der Waals surface area contributed by atoms with Gasteiger partial charge in [-0.2, -0.15) is 0 Å². The predicted molar refractivity (Wildman–Crippen MR) is 93.7 cm³/mol. The van der Waals surface area contributed by atoms with E-state index in [1.54, 1.807) is 26.8 Å². The van der Waals surface area contributed by atoms with Gasteiger partial charge < -0.3 is 30.5 Å². The van der Waals surface area contributed by atoms with Gasteiger partial charge in [0, 0.05) is 0 Å². The van der Waals surface area contributed by atoms with E-state index in [1.165, 1.54) is 6.08 Å². The Labute approximate surface area is 147 Å². The quantitative estimate of drug-likeness (QED) is 0.491. The maximum atomic E-state index is 12.0. The molecule has 0 heterocycles. The molecule has 7 nitrogen and oxygen atoms in total. The number of carbonyl (C=O) groups excluding carboxylic acids is 1. The van der Waals surface area contributed by atoms with Crippen LogP contribution in [0.1, 0.15) is 26.3 Å². The molecule has 4 atom stereocenters. The number of aliphatic hydroxyl groups excluding tert-OH is 4. The molecule has 0 bridgehead atoms. The van der Waals surface area contributed by atoms with Gasteiger partial charge in [0.2, 0.25) is 0 Å². The molecule has 0 saturated heterocycles. The van der Waals surface area contributed by atoms with Crippen molar-refractivity contribution in [3.8, 4) is 0 Å². The van der Waals surface area contributed by atoms with Crippen molar-refractivity contribution < 1.29 is 30.0 Å². The number of amides is 1. The minimum Gasteiger partial charge on any atom is -0.444 e. The monoisotopic (exact) mass is 353 g/mol. The molecule has 1 rings (SSSR count). The number of benzene rings is 1. The Kier molecular flexibility index (Phi) is 8.05. The minimum absolute atomic E-state index is 0.722. The maximum absolute atomic E-state index is 12.0. The van der Waals surface area contributed by atoms with Gasteiger partial charge in [-0.1, -0.05) is 42.5 Å². The first-order valence-electron chi connectivity index (χ1n) is 8.02. The van der Waals surface area contributed by atoms with Crippen molar-refractivity contribution in [2.75, 3.05) is 6.61 Å². The summed E-state index contributed by atoms with van der Waals surface area (Å²) in [5.41, 5.74) is 0.0919. The third-order valence-electron chi connectivity index (χ3n) is 3.28. The molecule has 1 aromatic carbocycles. The molecule has 1 aromatic rings. The number of alkyl carbamates (subject to hydrolysis) is 1. The number of hydrogen-bond acceptors (Lipinski definition) is 6. The zero-order valence-electron chi connectivity index (χ0n) is 14.7. The zero-order valence-corrected chi connectivity index (χ0v) is 14.7. The van der Waals surface area contributed by atoms with Crippen molar-refractivity contribution in [3.05, 3.63) is 42.0 Å². The third kappa shape index (κ3) is 7.66. The van der Waals surface area contributed by atoms with Crippen LogP contribution in [0.15, 0.2) is 36.4 Å². The Morgan fingerprint density at radius 1 is 1.16 bits per heavy atom. The summed E-state index contributed by atoms with van der Waals surface area (Å²) in [6, 6.07) is 8.13. The van der Waals surface area contributed by atoms with Crippen molar-refractivity contribution in [3.63, 3.8) is 0 Å². The molecule has 0 saturated carbocycles. The Morgan fingerprint density at radius 2 is 1.76 bits per heavy atom. The summed E-state index contributed by atoms with van der Waals surface area (Å²) in [5, 5.41) is 41.1. The van der Waals surface area contributed by atoms with Gasteiger partial charge in [0.25, 0.3) is 0 Å². The lowest BCUT2D eigenvalue weighted by Crippen LogP contribution is -2.52. The fourth-order valence-electron chi connectivity index (χ4n) is 2.02. The molecule has 0 aliphatic carbocycles. The lowest BCUT2D eigenvalue weighted by molar-refractivity contribution is -0.0823. The second-order valence-electron chi connectivity index (χ2n) is 6.67. The van der Waals surface area contributed by atoms with Crippen LogP contribution in [-0.2, 0) is 4.74 Å². The molecule has 0 aromatic heterocycles. The van der Waals surface area contributed by atoms with Crippen molar-refractivity contribution in [1.29, 1.82) is 0 Å². The van der Waals surface area contributed by atoms with Gasteiger partial charge in [-0.05, 0) is 26.3 Å². The smallest absolute Gasteiger partial charge is 0.408 e. The normalized spacial score (nSPS) is 16.9. The first-order chi connectivity index (χ1) is 11.6. The number of rotatable bonds is 7. The average Bonchev–Trinajstić information content (AvgIpc) is 2.55. The highest BCUT2D eigenvalue weighted by atomic mass is 16.6. The Balaban J connectivity index is 2.93. The first kappa shape index (κ1) is 21.1. The van der Waals surface area contributed by atoms with Gasteiger partial charge in [-0.15, -0.1) is 0 Å². The molecule has 0 aliphatic rings. The third-order valence-corrected chi connectivity index (χ3v) is 3.28. The molecule has 25 heavy (non-hydrogen) atoms. The van der Waals surface area contributed by atoms with Gasteiger partial charge in [0.15, 0.2) is 0 Å². The summed E-state index contributed by atoms with van der Waals surface area (Å²) < 4.78 is 5.15. The summed E-state index contributed by atoms with van der Waals surface area (Å²) in [4.78, 5) is 12.0. The average molecular weight is 353 g/mol. The Bertz CT molecular complexity index is 554. The van der Waals surface area contributed by atoms with E-state index in [4.69, 9.17) is 9.84 Å². The summed E-state index contributed by atoms with van der Waals surface area (Å²) >= 11 is 0. The number of ether oxygens (including phenoxy) is 1. The van der Waals surface area contributed by atoms with E-state index in [1.807, 2.05) is 30.3 Å². The molecule has 0 radical (unpaired) electrons. The highest BCUT2D eigenvalue weighted by molar-refractivity contribution is 5.69. The summed E-state index contributed by atoms with van der Waals surface area (Å²) in [6.07, 6.45) is -2.37. The second-order valence-corrected chi connectivity index (χ2v) is 6.67. The van der Waals surface area contributed by atoms with E-state index in [9.17, 15) is 20.1 Å². The number of nitrogens with one attached hydrogen (secondary N) is 1. The van der Waals surface area contributed by atoms with Gasteiger partial charge >= 0.3 is 6.09 Å². The van der Waals surface area contributed by atoms with Crippen LogP contribution in [0.2, 0.25) is 0 Å². The first-order valence-corrected chi connectivity index (χ1v) is 8.02. The van der Waals surface area contributed by atoms with E-state index in [-0.39, 0.29) is 0 Å².